The smallest absolute Gasteiger partial charge is 0.307 e. The summed E-state index contributed by atoms with van der Waals surface area (Å²) in [5.41, 5.74) is 3.95. The molecule has 6 heteroatoms. The summed E-state index contributed by atoms with van der Waals surface area (Å²) in [6, 6.07) is 13.8. The molecule has 4 rings (SSSR count). The highest BCUT2D eigenvalue weighted by Crippen LogP contribution is 2.47. The molecule has 0 saturated heterocycles. The third-order valence-electron chi connectivity index (χ3n) is 4.66. The molecule has 1 aromatic carbocycles. The van der Waals surface area contributed by atoms with Crippen molar-refractivity contribution in [2.45, 2.75) is 18.8 Å². The van der Waals surface area contributed by atoms with Crippen molar-refractivity contribution >= 4 is 5.97 Å². The minimum atomic E-state index is -0.699. The summed E-state index contributed by atoms with van der Waals surface area (Å²) in [6.45, 7) is 0.543. The van der Waals surface area contributed by atoms with Gasteiger partial charge in [-0.3, -0.25) is 14.9 Å². The SMILES string of the molecule is O=C(O)[C@H]1CC1c1cccc(CCOc2ccc(-c3ccn[nH]3)nc2)c1. The molecule has 0 aliphatic heterocycles. The zero-order valence-corrected chi connectivity index (χ0v) is 14.1. The number of carbonyl (C=O) groups is 1. The van der Waals surface area contributed by atoms with Crippen LogP contribution in [0.15, 0.2) is 54.9 Å². The monoisotopic (exact) mass is 349 g/mol. The molecule has 1 aliphatic rings. The first-order valence-corrected chi connectivity index (χ1v) is 8.61. The average molecular weight is 349 g/mol. The fraction of sp³-hybridized carbons (Fsp3) is 0.250. The van der Waals surface area contributed by atoms with Gasteiger partial charge in [-0.2, -0.15) is 5.10 Å². The number of nitrogens with one attached hydrogen (secondary N) is 1. The van der Waals surface area contributed by atoms with E-state index in [1.54, 1.807) is 12.4 Å². The molecule has 2 N–H and O–H groups in total. The van der Waals surface area contributed by atoms with Crippen LogP contribution in [0.25, 0.3) is 11.4 Å². The molecule has 1 aliphatic carbocycles. The Morgan fingerprint density at radius 3 is 2.88 bits per heavy atom. The lowest BCUT2D eigenvalue weighted by molar-refractivity contribution is -0.138. The van der Waals surface area contributed by atoms with Crippen molar-refractivity contribution < 1.29 is 14.6 Å². The number of H-pyrrole nitrogens is 1. The summed E-state index contributed by atoms with van der Waals surface area (Å²) < 4.78 is 5.78. The van der Waals surface area contributed by atoms with Crippen LogP contribution in [0.2, 0.25) is 0 Å². The lowest BCUT2D eigenvalue weighted by Gasteiger charge is -2.08. The highest BCUT2D eigenvalue weighted by molar-refractivity contribution is 5.75. The maximum Gasteiger partial charge on any atom is 0.307 e. The number of ether oxygens (including phenoxy) is 1. The van der Waals surface area contributed by atoms with Crippen LogP contribution in [0, 0.1) is 5.92 Å². The third-order valence-corrected chi connectivity index (χ3v) is 4.66. The van der Waals surface area contributed by atoms with Gasteiger partial charge in [0.15, 0.2) is 0 Å². The van der Waals surface area contributed by atoms with E-state index in [0.717, 1.165) is 41.1 Å². The van der Waals surface area contributed by atoms with Crippen LogP contribution >= 0.6 is 0 Å². The number of hydrogen-bond donors (Lipinski definition) is 2. The van der Waals surface area contributed by atoms with Gasteiger partial charge in [0, 0.05) is 12.6 Å². The Bertz CT molecular complexity index is 891. The van der Waals surface area contributed by atoms with Crippen molar-refractivity contribution in [2.24, 2.45) is 5.92 Å². The normalized spacial score (nSPS) is 18.5. The summed E-state index contributed by atoms with van der Waals surface area (Å²) in [5.74, 6) is -0.0408. The van der Waals surface area contributed by atoms with Crippen LogP contribution in [0.1, 0.15) is 23.5 Å². The van der Waals surface area contributed by atoms with Crippen LogP contribution < -0.4 is 4.74 Å². The average Bonchev–Trinajstić information content (AvgIpc) is 3.29. The predicted molar refractivity (Wildman–Crippen MR) is 95.9 cm³/mol. The highest BCUT2D eigenvalue weighted by atomic mass is 16.5. The van der Waals surface area contributed by atoms with Gasteiger partial charge < -0.3 is 9.84 Å². The molecule has 1 fully saturated rings. The second kappa shape index (κ2) is 7.00. The fourth-order valence-electron chi connectivity index (χ4n) is 3.13. The van der Waals surface area contributed by atoms with Gasteiger partial charge in [0.2, 0.25) is 0 Å². The largest absolute Gasteiger partial charge is 0.492 e. The topological polar surface area (TPSA) is 88.1 Å². The van der Waals surface area contributed by atoms with Crippen LogP contribution in [0.5, 0.6) is 5.75 Å². The van der Waals surface area contributed by atoms with Gasteiger partial charge in [0.05, 0.1) is 30.1 Å². The highest BCUT2D eigenvalue weighted by Gasteiger charge is 2.44. The lowest BCUT2D eigenvalue weighted by Crippen LogP contribution is -2.03. The molecular weight excluding hydrogens is 330 g/mol. The molecule has 0 radical (unpaired) electrons. The Balaban J connectivity index is 1.31. The van der Waals surface area contributed by atoms with Gasteiger partial charge in [-0.15, -0.1) is 0 Å². The number of pyridine rings is 1. The summed E-state index contributed by atoms with van der Waals surface area (Å²) in [4.78, 5) is 15.4. The van der Waals surface area contributed by atoms with E-state index < -0.39 is 5.97 Å². The minimum absolute atomic E-state index is 0.160. The van der Waals surface area contributed by atoms with Crippen molar-refractivity contribution in [3.63, 3.8) is 0 Å². The predicted octanol–water partition coefficient (Wildman–Crippen LogP) is 3.28. The molecule has 1 unspecified atom stereocenters. The second-order valence-electron chi connectivity index (χ2n) is 6.48. The Hall–Kier alpha value is -3.15. The molecule has 26 heavy (non-hydrogen) atoms. The molecular formula is C20H19N3O3. The van der Waals surface area contributed by atoms with Gasteiger partial charge in [-0.25, -0.2) is 0 Å². The number of aliphatic carboxylic acids is 1. The van der Waals surface area contributed by atoms with E-state index in [-0.39, 0.29) is 11.8 Å². The van der Waals surface area contributed by atoms with Gasteiger partial charge in [0.25, 0.3) is 0 Å². The number of nitrogens with zero attached hydrogens (tertiary/aromatic N) is 2. The number of hydrogen-bond acceptors (Lipinski definition) is 4. The minimum Gasteiger partial charge on any atom is -0.492 e. The van der Waals surface area contributed by atoms with Gasteiger partial charge in [0.1, 0.15) is 5.75 Å². The molecule has 2 atom stereocenters. The van der Waals surface area contributed by atoms with E-state index in [1.165, 1.54) is 0 Å². The van der Waals surface area contributed by atoms with Crippen molar-refractivity contribution in [2.75, 3.05) is 6.61 Å². The number of aromatic nitrogens is 3. The Labute approximate surface area is 150 Å². The van der Waals surface area contributed by atoms with E-state index in [9.17, 15) is 4.79 Å². The summed E-state index contributed by atoms with van der Waals surface area (Å²) in [6.07, 6.45) is 4.90. The summed E-state index contributed by atoms with van der Waals surface area (Å²) in [7, 11) is 0. The number of carboxylic acid groups (broad SMARTS) is 1. The molecule has 2 aromatic heterocycles. The number of aromatic amines is 1. The maximum atomic E-state index is 11.0. The Kier molecular flexibility index (Phi) is 4.39. The van der Waals surface area contributed by atoms with Crippen molar-refractivity contribution in [1.29, 1.82) is 0 Å². The molecule has 0 bridgehead atoms. The summed E-state index contributed by atoms with van der Waals surface area (Å²) >= 11 is 0. The molecule has 132 valence electrons. The first-order chi connectivity index (χ1) is 12.7. The van der Waals surface area contributed by atoms with E-state index in [0.29, 0.717) is 6.61 Å². The quantitative estimate of drug-likeness (QED) is 0.683. The maximum absolute atomic E-state index is 11.0. The number of benzene rings is 1. The first kappa shape index (κ1) is 16.3. The molecule has 1 saturated carbocycles. The van der Waals surface area contributed by atoms with Crippen molar-refractivity contribution in [3.8, 4) is 17.1 Å². The van der Waals surface area contributed by atoms with Crippen molar-refractivity contribution in [1.82, 2.24) is 15.2 Å². The van der Waals surface area contributed by atoms with Gasteiger partial charge in [-0.1, -0.05) is 24.3 Å². The second-order valence-corrected chi connectivity index (χ2v) is 6.48. The van der Waals surface area contributed by atoms with E-state index in [2.05, 4.69) is 21.2 Å². The fourth-order valence-corrected chi connectivity index (χ4v) is 3.13. The summed E-state index contributed by atoms with van der Waals surface area (Å²) in [5, 5.41) is 15.9. The van der Waals surface area contributed by atoms with Crippen LogP contribution in [0.3, 0.4) is 0 Å². The van der Waals surface area contributed by atoms with E-state index >= 15 is 0 Å². The molecule has 6 nitrogen and oxygen atoms in total. The van der Waals surface area contributed by atoms with Crippen LogP contribution in [-0.2, 0) is 11.2 Å². The zero-order chi connectivity index (χ0) is 17.9. The molecule has 2 heterocycles. The van der Waals surface area contributed by atoms with Crippen LogP contribution in [-0.4, -0.2) is 32.9 Å². The van der Waals surface area contributed by atoms with Crippen molar-refractivity contribution in [3.05, 3.63) is 66.0 Å². The molecule has 3 aromatic rings. The van der Waals surface area contributed by atoms with Crippen LogP contribution in [0.4, 0.5) is 0 Å². The number of rotatable bonds is 7. The van der Waals surface area contributed by atoms with E-state index in [1.807, 2.05) is 36.4 Å². The number of carboxylic acids is 1. The van der Waals surface area contributed by atoms with Gasteiger partial charge in [-0.05, 0) is 41.7 Å². The third kappa shape index (κ3) is 3.59. The first-order valence-electron chi connectivity index (χ1n) is 8.61. The Morgan fingerprint density at radius 1 is 1.27 bits per heavy atom. The van der Waals surface area contributed by atoms with Gasteiger partial charge >= 0.3 is 5.97 Å². The lowest BCUT2D eigenvalue weighted by atomic mass is 10.0. The Morgan fingerprint density at radius 2 is 2.19 bits per heavy atom. The standard InChI is InChI=1S/C20H19N3O3/c24-20(25)17-11-16(17)14-3-1-2-13(10-14)7-9-26-15-4-5-18(21-12-15)19-6-8-22-23-19/h1-6,8,10,12,16-17H,7,9,11H2,(H,22,23)(H,24,25)/t16?,17-/m0/s1. The molecule has 0 spiro atoms. The zero-order valence-electron chi connectivity index (χ0n) is 14.1. The molecule has 0 amide bonds. The van der Waals surface area contributed by atoms with E-state index in [4.69, 9.17) is 9.84 Å².